The zero-order valence-electron chi connectivity index (χ0n) is 8.29. The summed E-state index contributed by atoms with van der Waals surface area (Å²) in [6.07, 6.45) is 1.93. The highest BCUT2D eigenvalue weighted by Gasteiger charge is 2.01. The van der Waals surface area contributed by atoms with Gasteiger partial charge >= 0.3 is 0 Å². The van der Waals surface area contributed by atoms with Gasteiger partial charge in [-0.3, -0.25) is 0 Å². The summed E-state index contributed by atoms with van der Waals surface area (Å²) < 4.78 is 1.05. The van der Waals surface area contributed by atoms with Crippen LogP contribution in [0, 0.1) is 17.2 Å². The summed E-state index contributed by atoms with van der Waals surface area (Å²) in [7, 11) is 0. The van der Waals surface area contributed by atoms with Crippen molar-refractivity contribution in [2.75, 3.05) is 0 Å². The summed E-state index contributed by atoms with van der Waals surface area (Å²) in [5, 5.41) is 8.88. The Morgan fingerprint density at radius 2 is 1.93 bits per heavy atom. The molecule has 0 aliphatic carbocycles. The maximum atomic E-state index is 8.88. The van der Waals surface area contributed by atoms with Crippen LogP contribution in [0.5, 0.6) is 0 Å². The fourth-order valence-electron chi connectivity index (χ4n) is 1.07. The topological polar surface area (TPSA) is 23.8 Å². The van der Waals surface area contributed by atoms with Crippen LogP contribution in [-0.2, 0) is 0 Å². The number of allylic oxidation sites excluding steroid dienone is 1. The number of benzene rings is 1. The van der Waals surface area contributed by atoms with Crippen molar-refractivity contribution < 1.29 is 0 Å². The quantitative estimate of drug-likeness (QED) is 0.727. The summed E-state index contributed by atoms with van der Waals surface area (Å²) in [6, 6.07) is 10.1. The van der Waals surface area contributed by atoms with Crippen LogP contribution in [0.1, 0.15) is 19.4 Å². The summed E-state index contributed by atoms with van der Waals surface area (Å²) >= 11 is 3.37. The number of hydrogen-bond acceptors (Lipinski definition) is 1. The molecule has 0 unspecified atom stereocenters. The minimum atomic E-state index is 0.281. The van der Waals surface area contributed by atoms with E-state index in [9.17, 15) is 0 Å². The van der Waals surface area contributed by atoms with Crippen LogP contribution < -0.4 is 0 Å². The first kappa shape index (κ1) is 11.0. The Bertz CT molecular complexity index is 368. The lowest BCUT2D eigenvalue weighted by Crippen LogP contribution is -1.90. The minimum absolute atomic E-state index is 0.281. The molecule has 0 fully saturated rings. The molecule has 0 aliphatic rings. The molecule has 0 radical (unpaired) electrons. The van der Waals surface area contributed by atoms with Gasteiger partial charge < -0.3 is 0 Å². The number of halogens is 1. The van der Waals surface area contributed by atoms with E-state index in [-0.39, 0.29) is 5.92 Å². The molecule has 0 bridgehead atoms. The molecule has 0 amide bonds. The predicted octanol–water partition coefficient (Wildman–Crippen LogP) is 4.01. The molecule has 0 aromatic heterocycles. The van der Waals surface area contributed by atoms with E-state index in [4.69, 9.17) is 5.26 Å². The first-order valence-corrected chi connectivity index (χ1v) is 5.30. The van der Waals surface area contributed by atoms with Crippen molar-refractivity contribution in [1.29, 1.82) is 5.26 Å². The molecule has 0 saturated heterocycles. The normalized spacial score (nSPS) is 11.5. The second kappa shape index (κ2) is 4.97. The van der Waals surface area contributed by atoms with Gasteiger partial charge in [-0.15, -0.1) is 0 Å². The maximum absolute atomic E-state index is 8.88. The molecule has 1 aromatic carbocycles. The fraction of sp³-hybridized carbons (Fsp3) is 0.250. The lowest BCUT2D eigenvalue weighted by Gasteiger charge is -2.01. The van der Waals surface area contributed by atoms with E-state index < -0.39 is 0 Å². The number of rotatable bonds is 2. The minimum Gasteiger partial charge on any atom is -0.193 e. The van der Waals surface area contributed by atoms with Crippen LogP contribution in [0.2, 0.25) is 0 Å². The standard InChI is InChI=1S/C12H12BrN/c1-9(2)11(8-14)7-10-3-5-12(13)6-4-10/h3-7,9H,1-2H3/b11-7+. The van der Waals surface area contributed by atoms with Gasteiger partial charge in [0, 0.05) is 10.0 Å². The van der Waals surface area contributed by atoms with Gasteiger partial charge in [-0.25, -0.2) is 0 Å². The van der Waals surface area contributed by atoms with Crippen LogP contribution in [0.4, 0.5) is 0 Å². The molecule has 0 saturated carbocycles. The summed E-state index contributed by atoms with van der Waals surface area (Å²) in [5.41, 5.74) is 1.88. The second-order valence-electron chi connectivity index (χ2n) is 3.42. The Kier molecular flexibility index (Phi) is 3.91. The van der Waals surface area contributed by atoms with Crippen molar-refractivity contribution in [2.45, 2.75) is 13.8 Å². The highest BCUT2D eigenvalue weighted by Crippen LogP contribution is 2.16. The third-order valence-electron chi connectivity index (χ3n) is 1.94. The van der Waals surface area contributed by atoms with Crippen LogP contribution in [0.25, 0.3) is 6.08 Å². The molecule has 72 valence electrons. The zero-order valence-corrected chi connectivity index (χ0v) is 9.88. The highest BCUT2D eigenvalue weighted by atomic mass is 79.9. The molecule has 1 nitrogen and oxygen atoms in total. The van der Waals surface area contributed by atoms with Crippen molar-refractivity contribution in [1.82, 2.24) is 0 Å². The Hall–Kier alpha value is -1.07. The number of hydrogen-bond donors (Lipinski definition) is 0. The van der Waals surface area contributed by atoms with Crippen molar-refractivity contribution in [3.8, 4) is 6.07 Å². The molecule has 1 rings (SSSR count). The van der Waals surface area contributed by atoms with Crippen LogP contribution in [-0.4, -0.2) is 0 Å². The monoisotopic (exact) mass is 249 g/mol. The van der Waals surface area contributed by atoms with E-state index in [1.807, 2.05) is 44.2 Å². The van der Waals surface area contributed by atoms with E-state index in [2.05, 4.69) is 22.0 Å². The third-order valence-corrected chi connectivity index (χ3v) is 2.47. The van der Waals surface area contributed by atoms with E-state index >= 15 is 0 Å². The summed E-state index contributed by atoms with van der Waals surface area (Å²) in [6.45, 7) is 4.04. The molecule has 2 heteroatoms. The van der Waals surface area contributed by atoms with Gasteiger partial charge in [-0.1, -0.05) is 41.9 Å². The van der Waals surface area contributed by atoms with Crippen LogP contribution >= 0.6 is 15.9 Å². The number of nitrogens with zero attached hydrogens (tertiary/aromatic N) is 1. The fourth-order valence-corrected chi connectivity index (χ4v) is 1.33. The van der Waals surface area contributed by atoms with E-state index in [0.717, 1.165) is 15.6 Å². The van der Waals surface area contributed by atoms with E-state index in [1.54, 1.807) is 0 Å². The molecular weight excluding hydrogens is 238 g/mol. The first-order valence-electron chi connectivity index (χ1n) is 4.50. The Morgan fingerprint density at radius 3 is 2.36 bits per heavy atom. The van der Waals surface area contributed by atoms with Crippen molar-refractivity contribution >= 4 is 22.0 Å². The zero-order chi connectivity index (χ0) is 10.6. The molecule has 0 heterocycles. The van der Waals surface area contributed by atoms with Crippen molar-refractivity contribution in [2.24, 2.45) is 5.92 Å². The van der Waals surface area contributed by atoms with E-state index in [0.29, 0.717) is 0 Å². The Labute approximate surface area is 93.2 Å². The molecule has 0 atom stereocenters. The van der Waals surface area contributed by atoms with Gasteiger partial charge in [0.15, 0.2) is 0 Å². The number of nitriles is 1. The Balaban J connectivity index is 2.97. The highest BCUT2D eigenvalue weighted by molar-refractivity contribution is 9.10. The molecule has 0 spiro atoms. The molecule has 0 aliphatic heterocycles. The van der Waals surface area contributed by atoms with Crippen LogP contribution in [0.3, 0.4) is 0 Å². The Morgan fingerprint density at radius 1 is 1.36 bits per heavy atom. The second-order valence-corrected chi connectivity index (χ2v) is 4.33. The molecule has 1 aromatic rings. The van der Waals surface area contributed by atoms with Crippen LogP contribution in [0.15, 0.2) is 34.3 Å². The van der Waals surface area contributed by atoms with Gasteiger partial charge in [0.2, 0.25) is 0 Å². The largest absolute Gasteiger partial charge is 0.193 e. The lowest BCUT2D eigenvalue weighted by molar-refractivity contribution is 0.801. The average molecular weight is 250 g/mol. The van der Waals surface area contributed by atoms with Crippen molar-refractivity contribution in [3.05, 3.63) is 39.9 Å². The van der Waals surface area contributed by atoms with Gasteiger partial charge in [0.1, 0.15) is 0 Å². The molecular formula is C12H12BrN. The smallest absolute Gasteiger partial charge is 0.0950 e. The van der Waals surface area contributed by atoms with Gasteiger partial charge in [-0.2, -0.15) is 5.26 Å². The third kappa shape index (κ3) is 3.01. The SMILES string of the molecule is CC(C)/C(C#N)=C/c1ccc(Br)cc1. The first-order chi connectivity index (χ1) is 6.63. The van der Waals surface area contributed by atoms with Gasteiger partial charge in [-0.05, 0) is 29.7 Å². The molecule has 14 heavy (non-hydrogen) atoms. The van der Waals surface area contributed by atoms with Crippen molar-refractivity contribution in [3.63, 3.8) is 0 Å². The lowest BCUT2D eigenvalue weighted by atomic mass is 10.0. The van der Waals surface area contributed by atoms with Gasteiger partial charge in [0.25, 0.3) is 0 Å². The maximum Gasteiger partial charge on any atom is 0.0950 e. The molecule has 0 N–H and O–H groups in total. The van der Waals surface area contributed by atoms with Gasteiger partial charge in [0.05, 0.1) is 6.07 Å². The summed E-state index contributed by atoms with van der Waals surface area (Å²) in [5.74, 6) is 0.281. The average Bonchev–Trinajstić information content (AvgIpc) is 2.16. The predicted molar refractivity (Wildman–Crippen MR) is 62.6 cm³/mol. The van der Waals surface area contributed by atoms with E-state index in [1.165, 1.54) is 0 Å². The summed E-state index contributed by atoms with van der Waals surface area (Å²) in [4.78, 5) is 0.